The fourth-order valence-electron chi connectivity index (χ4n) is 4.05. The molecule has 0 saturated carbocycles. The second-order valence-corrected chi connectivity index (χ2v) is 8.36. The molecule has 0 bridgehead atoms. The number of aryl methyl sites for hydroxylation is 2. The lowest BCUT2D eigenvalue weighted by Gasteiger charge is -2.30. The van der Waals surface area contributed by atoms with Crippen LogP contribution in [-0.4, -0.2) is 38.4 Å². The molecular weight excluding hydrogens is 360 g/mol. The Bertz CT molecular complexity index is 968. The van der Waals surface area contributed by atoms with Gasteiger partial charge in [-0.2, -0.15) is 0 Å². The monoisotopic (exact) mass is 390 g/mol. The number of carbonyl (C=O) groups excluding carboxylic acids is 1. The van der Waals surface area contributed by atoms with Gasteiger partial charge in [0.1, 0.15) is 11.3 Å². The Kier molecular flexibility index (Phi) is 5.93. The number of nitrogens with zero attached hydrogens (tertiary/aromatic N) is 4. The molecule has 2 aromatic heterocycles. The number of fused-ring (bicyclic) bond motifs is 1. The summed E-state index contributed by atoms with van der Waals surface area (Å²) in [5.41, 5.74) is 4.33. The number of likely N-dealkylation sites (tertiary alicyclic amines) is 1. The standard InChI is InChI=1S/C24H30N4O/c1-18-8-10-20(11-9-18)17-28-22(26-21-5-4-14-25-24(21)28)6-3-7-23(29)27-15-12-19(2)13-16-27/h4-5,8-11,14,19H,3,6-7,12-13,15-17H2,1-2H3. The number of aromatic nitrogens is 3. The van der Waals surface area contributed by atoms with Gasteiger partial charge in [0.2, 0.25) is 5.91 Å². The van der Waals surface area contributed by atoms with E-state index in [2.05, 4.69) is 47.7 Å². The zero-order valence-corrected chi connectivity index (χ0v) is 17.5. The molecule has 5 nitrogen and oxygen atoms in total. The Labute approximate surface area is 172 Å². The smallest absolute Gasteiger partial charge is 0.222 e. The van der Waals surface area contributed by atoms with Crippen LogP contribution in [0.5, 0.6) is 0 Å². The van der Waals surface area contributed by atoms with E-state index >= 15 is 0 Å². The van der Waals surface area contributed by atoms with Crippen molar-refractivity contribution in [1.29, 1.82) is 0 Å². The van der Waals surface area contributed by atoms with Gasteiger partial charge >= 0.3 is 0 Å². The number of piperidine rings is 1. The van der Waals surface area contributed by atoms with E-state index in [-0.39, 0.29) is 5.91 Å². The van der Waals surface area contributed by atoms with Crippen LogP contribution >= 0.6 is 0 Å². The predicted molar refractivity (Wildman–Crippen MR) is 116 cm³/mol. The van der Waals surface area contributed by atoms with Crippen LogP contribution in [0.4, 0.5) is 0 Å². The van der Waals surface area contributed by atoms with Crippen molar-refractivity contribution in [2.45, 2.75) is 52.5 Å². The van der Waals surface area contributed by atoms with Crippen molar-refractivity contribution >= 4 is 17.1 Å². The fraction of sp³-hybridized carbons (Fsp3) is 0.458. The molecule has 1 fully saturated rings. The van der Waals surface area contributed by atoms with Crippen molar-refractivity contribution in [3.8, 4) is 0 Å². The lowest BCUT2D eigenvalue weighted by molar-refractivity contribution is -0.132. The van der Waals surface area contributed by atoms with Gasteiger partial charge in [0.15, 0.2) is 5.65 Å². The summed E-state index contributed by atoms with van der Waals surface area (Å²) in [6, 6.07) is 12.5. The van der Waals surface area contributed by atoms with Gasteiger partial charge in [-0.3, -0.25) is 4.79 Å². The van der Waals surface area contributed by atoms with Crippen molar-refractivity contribution in [2.24, 2.45) is 5.92 Å². The molecular formula is C24H30N4O. The quantitative estimate of drug-likeness (QED) is 0.628. The Morgan fingerprint density at radius 1 is 1.14 bits per heavy atom. The molecule has 0 N–H and O–H groups in total. The zero-order valence-electron chi connectivity index (χ0n) is 17.5. The summed E-state index contributed by atoms with van der Waals surface area (Å²) in [7, 11) is 0. The molecule has 1 aromatic carbocycles. The minimum atomic E-state index is 0.288. The van der Waals surface area contributed by atoms with Gasteiger partial charge in [-0.1, -0.05) is 36.8 Å². The Balaban J connectivity index is 1.45. The van der Waals surface area contributed by atoms with Crippen molar-refractivity contribution < 1.29 is 4.79 Å². The lowest BCUT2D eigenvalue weighted by atomic mass is 9.99. The molecule has 1 amide bonds. The molecule has 29 heavy (non-hydrogen) atoms. The normalized spacial score (nSPS) is 15.2. The average molecular weight is 391 g/mol. The average Bonchev–Trinajstić information content (AvgIpc) is 3.07. The summed E-state index contributed by atoms with van der Waals surface area (Å²) >= 11 is 0. The molecule has 1 aliphatic heterocycles. The molecule has 1 aliphatic rings. The number of hydrogen-bond acceptors (Lipinski definition) is 3. The maximum atomic E-state index is 12.6. The number of pyridine rings is 1. The van der Waals surface area contributed by atoms with Crippen molar-refractivity contribution in [3.63, 3.8) is 0 Å². The lowest BCUT2D eigenvalue weighted by Crippen LogP contribution is -2.37. The van der Waals surface area contributed by atoms with Gasteiger partial charge in [-0.15, -0.1) is 0 Å². The third kappa shape index (κ3) is 4.66. The largest absolute Gasteiger partial charge is 0.343 e. The van der Waals surface area contributed by atoms with Gasteiger partial charge in [-0.25, -0.2) is 9.97 Å². The summed E-state index contributed by atoms with van der Waals surface area (Å²) in [5.74, 6) is 2.05. The number of benzene rings is 1. The summed E-state index contributed by atoms with van der Waals surface area (Å²) in [6.07, 6.45) is 6.28. The third-order valence-electron chi connectivity index (χ3n) is 5.97. The fourth-order valence-corrected chi connectivity index (χ4v) is 4.05. The highest BCUT2D eigenvalue weighted by Crippen LogP contribution is 2.20. The SMILES string of the molecule is Cc1ccc(Cn2c(CCCC(=O)N3CCC(C)CC3)nc3cccnc32)cc1. The van der Waals surface area contributed by atoms with E-state index in [1.54, 1.807) is 0 Å². The Morgan fingerprint density at radius 3 is 2.66 bits per heavy atom. The van der Waals surface area contributed by atoms with Gasteiger partial charge in [0.05, 0.1) is 6.54 Å². The Morgan fingerprint density at radius 2 is 1.90 bits per heavy atom. The van der Waals surface area contributed by atoms with E-state index in [1.165, 1.54) is 11.1 Å². The van der Waals surface area contributed by atoms with Gasteiger partial charge in [0, 0.05) is 32.1 Å². The molecule has 0 spiro atoms. The molecule has 0 atom stereocenters. The van der Waals surface area contributed by atoms with E-state index < -0.39 is 0 Å². The number of rotatable bonds is 6. The second-order valence-electron chi connectivity index (χ2n) is 8.36. The molecule has 0 unspecified atom stereocenters. The van der Waals surface area contributed by atoms with Crippen LogP contribution < -0.4 is 0 Å². The number of amides is 1. The minimum absolute atomic E-state index is 0.288. The molecule has 0 radical (unpaired) electrons. The van der Waals surface area contributed by atoms with Crippen LogP contribution in [-0.2, 0) is 17.8 Å². The van der Waals surface area contributed by atoms with E-state index in [0.29, 0.717) is 6.42 Å². The first kappa shape index (κ1) is 19.6. The van der Waals surface area contributed by atoms with E-state index in [9.17, 15) is 4.79 Å². The summed E-state index contributed by atoms with van der Waals surface area (Å²) in [5, 5.41) is 0. The topological polar surface area (TPSA) is 51.0 Å². The van der Waals surface area contributed by atoms with E-state index in [0.717, 1.165) is 68.2 Å². The highest BCUT2D eigenvalue weighted by molar-refractivity contribution is 5.76. The zero-order chi connectivity index (χ0) is 20.2. The summed E-state index contributed by atoms with van der Waals surface area (Å²) < 4.78 is 2.20. The summed E-state index contributed by atoms with van der Waals surface area (Å²) in [4.78, 5) is 24.0. The third-order valence-corrected chi connectivity index (χ3v) is 5.97. The Hall–Kier alpha value is -2.69. The second kappa shape index (κ2) is 8.76. The van der Waals surface area contributed by atoms with Crippen molar-refractivity contribution in [2.75, 3.05) is 13.1 Å². The van der Waals surface area contributed by atoms with Crippen LogP contribution in [0.2, 0.25) is 0 Å². The van der Waals surface area contributed by atoms with Crippen LogP contribution in [0, 0.1) is 12.8 Å². The van der Waals surface area contributed by atoms with Crippen LogP contribution in [0.15, 0.2) is 42.6 Å². The van der Waals surface area contributed by atoms with Gasteiger partial charge in [-0.05, 0) is 49.8 Å². The van der Waals surface area contributed by atoms with Gasteiger partial charge < -0.3 is 9.47 Å². The molecule has 5 heteroatoms. The number of carbonyl (C=O) groups is 1. The summed E-state index contributed by atoms with van der Waals surface area (Å²) in [6.45, 7) is 6.95. The molecule has 0 aliphatic carbocycles. The molecule has 3 heterocycles. The van der Waals surface area contributed by atoms with Crippen LogP contribution in [0.25, 0.3) is 11.2 Å². The van der Waals surface area contributed by atoms with E-state index in [4.69, 9.17) is 4.98 Å². The molecule has 4 rings (SSSR count). The first-order valence-electron chi connectivity index (χ1n) is 10.7. The van der Waals surface area contributed by atoms with E-state index in [1.807, 2.05) is 23.2 Å². The van der Waals surface area contributed by atoms with Crippen molar-refractivity contribution in [1.82, 2.24) is 19.4 Å². The first-order valence-corrected chi connectivity index (χ1v) is 10.7. The number of imidazole rings is 1. The maximum absolute atomic E-state index is 12.6. The van der Waals surface area contributed by atoms with Crippen LogP contribution in [0.1, 0.15) is 49.6 Å². The molecule has 152 valence electrons. The minimum Gasteiger partial charge on any atom is -0.343 e. The molecule has 1 saturated heterocycles. The molecule has 3 aromatic rings. The van der Waals surface area contributed by atoms with Crippen molar-refractivity contribution in [3.05, 3.63) is 59.5 Å². The maximum Gasteiger partial charge on any atom is 0.222 e. The van der Waals surface area contributed by atoms with Crippen LogP contribution in [0.3, 0.4) is 0 Å². The van der Waals surface area contributed by atoms with Gasteiger partial charge in [0.25, 0.3) is 0 Å². The highest BCUT2D eigenvalue weighted by atomic mass is 16.2. The highest BCUT2D eigenvalue weighted by Gasteiger charge is 2.20. The number of hydrogen-bond donors (Lipinski definition) is 0. The predicted octanol–water partition coefficient (Wildman–Crippen LogP) is 4.37. The first-order chi connectivity index (χ1) is 14.1.